The van der Waals surface area contributed by atoms with Gasteiger partial charge in [-0.15, -0.1) is 0 Å². The highest BCUT2D eigenvalue weighted by Crippen LogP contribution is 2.32. The van der Waals surface area contributed by atoms with Crippen molar-refractivity contribution >= 4 is 21.9 Å². The molecule has 15 heavy (non-hydrogen) atoms. The zero-order valence-electron chi connectivity index (χ0n) is 7.96. The zero-order valence-corrected chi connectivity index (χ0v) is 9.55. The van der Waals surface area contributed by atoms with Crippen LogP contribution in [0.2, 0.25) is 0 Å². The van der Waals surface area contributed by atoms with Crippen LogP contribution in [0.4, 0.5) is 4.39 Å². The molecular weight excluding hydrogens is 263 g/mol. The number of fused-ring (bicyclic) bond motifs is 1. The first kappa shape index (κ1) is 10.6. The summed E-state index contributed by atoms with van der Waals surface area (Å²) in [6.07, 6.45) is 1.73. The van der Waals surface area contributed by atoms with Crippen molar-refractivity contribution in [2.24, 2.45) is 5.92 Å². The lowest BCUT2D eigenvalue weighted by Crippen LogP contribution is -2.22. The molecule has 0 saturated heterocycles. The third-order valence-corrected chi connectivity index (χ3v) is 3.52. The Hall–Kier alpha value is -0.900. The number of benzene rings is 1. The Morgan fingerprint density at radius 2 is 2.27 bits per heavy atom. The Kier molecular flexibility index (Phi) is 2.78. The summed E-state index contributed by atoms with van der Waals surface area (Å²) >= 11 is 3.28. The van der Waals surface area contributed by atoms with E-state index in [0.29, 0.717) is 23.7 Å². The van der Waals surface area contributed by atoms with Crippen LogP contribution in [-0.2, 0) is 17.6 Å². The summed E-state index contributed by atoms with van der Waals surface area (Å²) in [5, 5.41) is 8.92. The largest absolute Gasteiger partial charge is 0.481 e. The molecule has 1 unspecified atom stereocenters. The third-order valence-electron chi connectivity index (χ3n) is 2.81. The molecule has 0 aliphatic heterocycles. The van der Waals surface area contributed by atoms with Gasteiger partial charge in [0.25, 0.3) is 0 Å². The molecule has 0 saturated carbocycles. The molecule has 2 nitrogen and oxygen atoms in total. The summed E-state index contributed by atoms with van der Waals surface area (Å²) < 4.78 is 13.7. The van der Waals surface area contributed by atoms with E-state index >= 15 is 0 Å². The molecule has 1 aliphatic rings. The van der Waals surface area contributed by atoms with Crippen molar-refractivity contribution < 1.29 is 14.3 Å². The Bertz CT molecular complexity index is 417. The van der Waals surface area contributed by atoms with Gasteiger partial charge in [0.1, 0.15) is 5.82 Å². The van der Waals surface area contributed by atoms with Crippen molar-refractivity contribution in [3.63, 3.8) is 0 Å². The summed E-state index contributed by atoms with van der Waals surface area (Å²) in [6, 6.07) is 2.89. The second kappa shape index (κ2) is 3.93. The number of carbonyl (C=O) groups is 1. The van der Waals surface area contributed by atoms with Crippen molar-refractivity contribution in [1.82, 2.24) is 0 Å². The lowest BCUT2D eigenvalue weighted by Gasteiger charge is -2.22. The Morgan fingerprint density at radius 1 is 1.53 bits per heavy atom. The lowest BCUT2D eigenvalue weighted by molar-refractivity contribution is -0.142. The van der Waals surface area contributed by atoms with E-state index in [0.717, 1.165) is 11.1 Å². The van der Waals surface area contributed by atoms with E-state index in [9.17, 15) is 9.18 Å². The summed E-state index contributed by atoms with van der Waals surface area (Å²) in [5.41, 5.74) is 1.87. The molecule has 0 aromatic heterocycles. The van der Waals surface area contributed by atoms with E-state index in [-0.39, 0.29) is 11.7 Å². The van der Waals surface area contributed by atoms with Crippen LogP contribution < -0.4 is 0 Å². The van der Waals surface area contributed by atoms with Crippen molar-refractivity contribution in [2.45, 2.75) is 19.3 Å². The maximum absolute atomic E-state index is 13.1. The van der Waals surface area contributed by atoms with Gasteiger partial charge in [0, 0.05) is 4.47 Å². The van der Waals surface area contributed by atoms with Gasteiger partial charge in [-0.05, 0) is 42.5 Å². The van der Waals surface area contributed by atoms with Crippen LogP contribution in [0.3, 0.4) is 0 Å². The first-order valence-corrected chi connectivity index (χ1v) is 5.57. The molecule has 0 spiro atoms. The highest BCUT2D eigenvalue weighted by atomic mass is 79.9. The molecule has 4 heteroatoms. The van der Waals surface area contributed by atoms with Crippen molar-refractivity contribution in [1.29, 1.82) is 0 Å². The number of rotatable bonds is 1. The van der Waals surface area contributed by atoms with Crippen LogP contribution in [0.5, 0.6) is 0 Å². The summed E-state index contributed by atoms with van der Waals surface area (Å²) in [6.45, 7) is 0. The van der Waals surface area contributed by atoms with Crippen LogP contribution in [0.1, 0.15) is 17.5 Å². The predicted octanol–water partition coefficient (Wildman–Crippen LogP) is 2.78. The third kappa shape index (κ3) is 2.04. The quantitative estimate of drug-likeness (QED) is 0.854. The molecule has 1 N–H and O–H groups in total. The van der Waals surface area contributed by atoms with E-state index in [1.807, 2.05) is 0 Å². The van der Waals surface area contributed by atoms with Crippen LogP contribution in [-0.4, -0.2) is 11.1 Å². The van der Waals surface area contributed by atoms with E-state index in [1.165, 1.54) is 12.1 Å². The minimum absolute atomic E-state index is 0.269. The molecule has 2 rings (SSSR count). The van der Waals surface area contributed by atoms with E-state index in [2.05, 4.69) is 15.9 Å². The highest BCUT2D eigenvalue weighted by Gasteiger charge is 2.25. The number of hydrogen-bond acceptors (Lipinski definition) is 1. The van der Waals surface area contributed by atoms with Crippen LogP contribution in [0.25, 0.3) is 0 Å². The van der Waals surface area contributed by atoms with Gasteiger partial charge in [0.15, 0.2) is 0 Å². The molecule has 0 bridgehead atoms. The van der Waals surface area contributed by atoms with Gasteiger partial charge in [-0.1, -0.05) is 15.9 Å². The number of halogens is 2. The summed E-state index contributed by atoms with van der Waals surface area (Å²) in [5.74, 6) is -1.37. The molecule has 1 aromatic carbocycles. The van der Waals surface area contributed by atoms with E-state index in [4.69, 9.17) is 5.11 Å². The average molecular weight is 273 g/mol. The number of carboxylic acid groups (broad SMARTS) is 1. The molecule has 1 aliphatic carbocycles. The lowest BCUT2D eigenvalue weighted by atomic mass is 9.84. The zero-order chi connectivity index (χ0) is 11.0. The maximum Gasteiger partial charge on any atom is 0.306 e. The summed E-state index contributed by atoms with van der Waals surface area (Å²) in [4.78, 5) is 10.9. The van der Waals surface area contributed by atoms with Crippen LogP contribution in [0.15, 0.2) is 16.6 Å². The number of aliphatic carboxylic acids is 1. The van der Waals surface area contributed by atoms with Gasteiger partial charge in [-0.3, -0.25) is 4.79 Å². The fraction of sp³-hybridized carbons (Fsp3) is 0.364. The van der Waals surface area contributed by atoms with Gasteiger partial charge in [0.2, 0.25) is 0 Å². The molecule has 1 aromatic rings. The number of aryl methyl sites for hydroxylation is 1. The molecule has 80 valence electrons. The highest BCUT2D eigenvalue weighted by molar-refractivity contribution is 9.10. The monoisotopic (exact) mass is 272 g/mol. The van der Waals surface area contributed by atoms with Crippen molar-refractivity contribution in [3.05, 3.63) is 33.5 Å². The first-order chi connectivity index (χ1) is 7.08. The maximum atomic E-state index is 13.1. The minimum atomic E-state index is -0.767. The van der Waals surface area contributed by atoms with Crippen LogP contribution >= 0.6 is 15.9 Å². The normalized spacial score (nSPS) is 19.7. The molecule has 0 heterocycles. The van der Waals surface area contributed by atoms with Crippen molar-refractivity contribution in [2.75, 3.05) is 0 Å². The fourth-order valence-corrected chi connectivity index (χ4v) is 2.63. The second-order valence-corrected chi connectivity index (χ2v) is 4.66. The molecular formula is C11H10BrFO2. The summed E-state index contributed by atoms with van der Waals surface area (Å²) in [7, 11) is 0. The van der Waals surface area contributed by atoms with Gasteiger partial charge in [-0.25, -0.2) is 4.39 Å². The molecule has 0 amide bonds. The molecule has 1 atom stereocenters. The van der Waals surface area contributed by atoms with Crippen LogP contribution in [0, 0.1) is 11.7 Å². The number of hydrogen-bond donors (Lipinski definition) is 1. The second-order valence-electron chi connectivity index (χ2n) is 3.80. The Balaban J connectivity index is 2.37. The first-order valence-electron chi connectivity index (χ1n) is 4.77. The Labute approximate surface area is 95.2 Å². The van der Waals surface area contributed by atoms with Gasteiger partial charge in [0.05, 0.1) is 5.92 Å². The standard InChI is InChI=1S/C11H10BrFO2/c12-10-5-8(13)3-6-1-2-7(11(14)15)4-9(6)10/h3,5,7H,1-2,4H2,(H,14,15). The molecule has 0 fully saturated rings. The Morgan fingerprint density at radius 3 is 2.93 bits per heavy atom. The number of carboxylic acids is 1. The fourth-order valence-electron chi connectivity index (χ4n) is 2.00. The van der Waals surface area contributed by atoms with E-state index in [1.54, 1.807) is 0 Å². The van der Waals surface area contributed by atoms with Gasteiger partial charge < -0.3 is 5.11 Å². The predicted molar refractivity (Wildman–Crippen MR) is 57.3 cm³/mol. The van der Waals surface area contributed by atoms with Crippen molar-refractivity contribution in [3.8, 4) is 0 Å². The SMILES string of the molecule is O=C(O)C1CCc2cc(F)cc(Br)c2C1. The minimum Gasteiger partial charge on any atom is -0.481 e. The van der Waals surface area contributed by atoms with Gasteiger partial charge >= 0.3 is 5.97 Å². The van der Waals surface area contributed by atoms with E-state index < -0.39 is 5.97 Å². The topological polar surface area (TPSA) is 37.3 Å². The smallest absolute Gasteiger partial charge is 0.306 e. The average Bonchev–Trinajstić information content (AvgIpc) is 2.16. The van der Waals surface area contributed by atoms with Gasteiger partial charge in [-0.2, -0.15) is 0 Å². The molecule has 0 radical (unpaired) electrons.